The van der Waals surface area contributed by atoms with Crippen LogP contribution in [0, 0.1) is 0 Å². The number of fused-ring (bicyclic) bond motifs is 1. The Kier molecular flexibility index (Phi) is 3.89. The third-order valence-electron chi connectivity index (χ3n) is 2.54. The van der Waals surface area contributed by atoms with Crippen molar-refractivity contribution in [2.75, 3.05) is 13.2 Å². The molecule has 4 nitrogen and oxygen atoms in total. The SMILES string of the molecule is O=C(O)CCc1ccc2c(c1Br)OCCCO2. The van der Waals surface area contributed by atoms with E-state index in [0.29, 0.717) is 31.1 Å². The van der Waals surface area contributed by atoms with Crippen LogP contribution in [0.2, 0.25) is 0 Å². The van der Waals surface area contributed by atoms with Gasteiger partial charge in [0.15, 0.2) is 11.5 Å². The largest absolute Gasteiger partial charge is 0.490 e. The van der Waals surface area contributed by atoms with E-state index in [1.165, 1.54) is 0 Å². The molecule has 2 rings (SSSR count). The first kappa shape index (κ1) is 12.2. The van der Waals surface area contributed by atoms with Crippen molar-refractivity contribution in [3.05, 3.63) is 22.2 Å². The van der Waals surface area contributed by atoms with E-state index in [2.05, 4.69) is 15.9 Å². The van der Waals surface area contributed by atoms with Crippen LogP contribution in [0.5, 0.6) is 11.5 Å². The summed E-state index contributed by atoms with van der Waals surface area (Å²) in [5.74, 6) is 0.600. The summed E-state index contributed by atoms with van der Waals surface area (Å²) < 4.78 is 11.9. The first-order valence-corrected chi connectivity index (χ1v) is 6.26. The topological polar surface area (TPSA) is 55.8 Å². The molecule has 1 heterocycles. The van der Waals surface area contributed by atoms with Gasteiger partial charge in [-0.3, -0.25) is 4.79 Å². The number of carboxylic acids is 1. The molecule has 0 aromatic heterocycles. The third kappa shape index (κ3) is 2.91. The van der Waals surface area contributed by atoms with Crippen molar-refractivity contribution in [3.8, 4) is 11.5 Å². The number of aryl methyl sites for hydroxylation is 1. The van der Waals surface area contributed by atoms with Gasteiger partial charge < -0.3 is 14.6 Å². The molecule has 1 aromatic carbocycles. The van der Waals surface area contributed by atoms with Crippen LogP contribution in [0.25, 0.3) is 0 Å². The van der Waals surface area contributed by atoms with Crippen molar-refractivity contribution in [1.82, 2.24) is 0 Å². The second kappa shape index (κ2) is 5.40. The molecule has 0 spiro atoms. The second-order valence-electron chi connectivity index (χ2n) is 3.81. The fourth-order valence-corrected chi connectivity index (χ4v) is 2.32. The van der Waals surface area contributed by atoms with Crippen LogP contribution in [0.1, 0.15) is 18.4 Å². The van der Waals surface area contributed by atoms with Crippen LogP contribution in [0.4, 0.5) is 0 Å². The molecule has 0 saturated carbocycles. The molecule has 1 aliphatic rings. The highest BCUT2D eigenvalue weighted by Crippen LogP contribution is 2.39. The van der Waals surface area contributed by atoms with Crippen molar-refractivity contribution in [2.45, 2.75) is 19.3 Å². The van der Waals surface area contributed by atoms with Gasteiger partial charge in [-0.05, 0) is 34.0 Å². The zero-order valence-corrected chi connectivity index (χ0v) is 10.8. The number of hydrogen-bond donors (Lipinski definition) is 1. The van der Waals surface area contributed by atoms with Gasteiger partial charge in [-0.25, -0.2) is 0 Å². The van der Waals surface area contributed by atoms with Crippen molar-refractivity contribution >= 4 is 21.9 Å². The summed E-state index contributed by atoms with van der Waals surface area (Å²) in [6.07, 6.45) is 1.44. The van der Waals surface area contributed by atoms with Gasteiger partial charge in [0.1, 0.15) is 0 Å². The maximum absolute atomic E-state index is 10.6. The van der Waals surface area contributed by atoms with Crippen LogP contribution < -0.4 is 9.47 Å². The first-order chi connectivity index (χ1) is 8.18. The molecule has 1 aliphatic heterocycles. The number of rotatable bonds is 3. The predicted octanol–water partition coefficient (Wildman–Crippen LogP) is 2.63. The highest BCUT2D eigenvalue weighted by atomic mass is 79.9. The van der Waals surface area contributed by atoms with Crippen LogP contribution in [0.15, 0.2) is 16.6 Å². The Morgan fingerprint density at radius 2 is 2.12 bits per heavy atom. The maximum atomic E-state index is 10.6. The standard InChI is InChI=1S/C12H13BrO4/c13-11-8(3-5-10(14)15)2-4-9-12(11)17-7-1-6-16-9/h2,4H,1,3,5-7H2,(H,14,15). The zero-order chi connectivity index (χ0) is 12.3. The van der Waals surface area contributed by atoms with E-state index >= 15 is 0 Å². The quantitative estimate of drug-likeness (QED) is 0.932. The second-order valence-corrected chi connectivity index (χ2v) is 4.60. The Balaban J connectivity index is 2.24. The van der Waals surface area contributed by atoms with Crippen molar-refractivity contribution in [3.63, 3.8) is 0 Å². The van der Waals surface area contributed by atoms with E-state index in [1.54, 1.807) is 0 Å². The average molecular weight is 301 g/mol. The van der Waals surface area contributed by atoms with Gasteiger partial charge in [0.25, 0.3) is 0 Å². The van der Waals surface area contributed by atoms with Gasteiger partial charge in [0.05, 0.1) is 17.7 Å². The van der Waals surface area contributed by atoms with E-state index in [1.807, 2.05) is 12.1 Å². The van der Waals surface area contributed by atoms with Gasteiger partial charge >= 0.3 is 5.97 Å². The minimum absolute atomic E-state index is 0.109. The molecule has 92 valence electrons. The number of aliphatic carboxylic acids is 1. The van der Waals surface area contributed by atoms with Crippen LogP contribution in [-0.4, -0.2) is 24.3 Å². The lowest BCUT2D eigenvalue weighted by molar-refractivity contribution is -0.136. The molecule has 17 heavy (non-hydrogen) atoms. The Morgan fingerprint density at radius 1 is 1.35 bits per heavy atom. The molecule has 0 radical (unpaired) electrons. The first-order valence-electron chi connectivity index (χ1n) is 5.47. The highest BCUT2D eigenvalue weighted by Gasteiger charge is 2.16. The molecule has 0 aliphatic carbocycles. The smallest absolute Gasteiger partial charge is 0.303 e. The molecule has 0 atom stereocenters. The van der Waals surface area contributed by atoms with E-state index in [-0.39, 0.29) is 6.42 Å². The van der Waals surface area contributed by atoms with Gasteiger partial charge in [0, 0.05) is 12.8 Å². The highest BCUT2D eigenvalue weighted by molar-refractivity contribution is 9.10. The molecule has 1 aromatic rings. The Hall–Kier alpha value is -1.23. The Bertz CT molecular complexity index is 431. The van der Waals surface area contributed by atoms with Crippen molar-refractivity contribution < 1.29 is 19.4 Å². The number of carboxylic acid groups (broad SMARTS) is 1. The fourth-order valence-electron chi connectivity index (χ4n) is 1.68. The molecular weight excluding hydrogens is 288 g/mol. The molecule has 0 bridgehead atoms. The number of carbonyl (C=O) groups is 1. The minimum atomic E-state index is -0.802. The van der Waals surface area contributed by atoms with Gasteiger partial charge in [0.2, 0.25) is 0 Å². The summed E-state index contributed by atoms with van der Waals surface area (Å²) in [6.45, 7) is 1.27. The minimum Gasteiger partial charge on any atom is -0.490 e. The van der Waals surface area contributed by atoms with E-state index in [4.69, 9.17) is 14.6 Å². The number of hydrogen-bond acceptors (Lipinski definition) is 3. The molecular formula is C12H13BrO4. The van der Waals surface area contributed by atoms with Crippen molar-refractivity contribution in [1.29, 1.82) is 0 Å². The Morgan fingerprint density at radius 3 is 2.88 bits per heavy atom. The van der Waals surface area contributed by atoms with E-state index in [0.717, 1.165) is 16.5 Å². The predicted molar refractivity (Wildman–Crippen MR) is 65.7 cm³/mol. The summed E-state index contributed by atoms with van der Waals surface area (Å²) in [5, 5.41) is 8.68. The zero-order valence-electron chi connectivity index (χ0n) is 9.24. The molecule has 0 amide bonds. The number of halogens is 1. The summed E-state index contributed by atoms with van der Waals surface area (Å²) in [6, 6.07) is 3.71. The summed E-state index contributed by atoms with van der Waals surface area (Å²) in [7, 11) is 0. The van der Waals surface area contributed by atoms with Crippen LogP contribution >= 0.6 is 15.9 Å². The van der Waals surface area contributed by atoms with Gasteiger partial charge in [-0.15, -0.1) is 0 Å². The summed E-state index contributed by atoms with van der Waals surface area (Å²) in [4.78, 5) is 10.6. The average Bonchev–Trinajstić information content (AvgIpc) is 2.53. The monoisotopic (exact) mass is 300 g/mol. The van der Waals surface area contributed by atoms with Gasteiger partial charge in [-0.1, -0.05) is 6.07 Å². The van der Waals surface area contributed by atoms with Crippen molar-refractivity contribution in [2.24, 2.45) is 0 Å². The molecule has 0 fully saturated rings. The Labute approximate surface area is 108 Å². The number of benzene rings is 1. The third-order valence-corrected chi connectivity index (χ3v) is 3.41. The van der Waals surface area contributed by atoms with Gasteiger partial charge in [-0.2, -0.15) is 0 Å². The van der Waals surface area contributed by atoms with Crippen LogP contribution in [-0.2, 0) is 11.2 Å². The maximum Gasteiger partial charge on any atom is 0.303 e. The fraction of sp³-hybridized carbons (Fsp3) is 0.417. The summed E-state index contributed by atoms with van der Waals surface area (Å²) >= 11 is 3.45. The number of ether oxygens (including phenoxy) is 2. The van der Waals surface area contributed by atoms with E-state index < -0.39 is 5.97 Å². The summed E-state index contributed by atoms with van der Waals surface area (Å²) in [5.41, 5.74) is 0.927. The van der Waals surface area contributed by atoms with E-state index in [9.17, 15) is 4.79 Å². The molecule has 1 N–H and O–H groups in total. The molecule has 0 unspecified atom stereocenters. The molecule has 5 heteroatoms. The normalized spacial score (nSPS) is 14.2. The molecule has 0 saturated heterocycles. The lowest BCUT2D eigenvalue weighted by atomic mass is 10.1. The lowest BCUT2D eigenvalue weighted by Gasteiger charge is -2.12. The van der Waals surface area contributed by atoms with Crippen LogP contribution in [0.3, 0.4) is 0 Å². The lowest BCUT2D eigenvalue weighted by Crippen LogP contribution is -2.00.